The fraction of sp³-hybridized carbons (Fsp3) is 0.391. The molecule has 1 aliphatic rings. The number of carbonyl (C=O) groups excluding carboxylic acids is 2. The maximum atomic E-state index is 11.1. The second kappa shape index (κ2) is 23.6. The van der Waals surface area contributed by atoms with E-state index >= 15 is 0 Å². The van der Waals surface area contributed by atoms with E-state index in [1.54, 1.807) is 12.4 Å². The second-order valence-electron chi connectivity index (χ2n) is 13.7. The number of benzene rings is 2. The first-order valence-corrected chi connectivity index (χ1v) is 19.7. The molecular weight excluding hydrogens is 709 g/mol. The Morgan fingerprint density at radius 2 is 0.964 bits per heavy atom. The van der Waals surface area contributed by atoms with Crippen LogP contribution in [0.3, 0.4) is 0 Å². The molecule has 2 atom stereocenters. The summed E-state index contributed by atoms with van der Waals surface area (Å²) in [6.07, 6.45) is 15.4. The van der Waals surface area contributed by atoms with Gasteiger partial charge in [-0.3, -0.25) is 9.97 Å². The third kappa shape index (κ3) is 14.4. The predicted molar refractivity (Wildman–Crippen MR) is 216 cm³/mol. The Bertz CT molecular complexity index is 1640. The largest absolute Gasteiger partial charge is 0.492 e. The van der Waals surface area contributed by atoms with Crippen LogP contribution in [0.4, 0.5) is 0 Å². The molecule has 296 valence electrons. The minimum absolute atomic E-state index is 0.0543. The van der Waals surface area contributed by atoms with Crippen molar-refractivity contribution in [1.82, 2.24) is 9.97 Å². The van der Waals surface area contributed by atoms with Gasteiger partial charge in [-0.05, 0) is 86.8 Å². The summed E-state index contributed by atoms with van der Waals surface area (Å²) in [6.45, 7) is 9.81. The van der Waals surface area contributed by atoms with Crippen LogP contribution in [0.1, 0.15) is 75.3 Å². The standard InChI is InChI=1S/C46H54N2O8/c1-3-45(49)53-29-11-5-9-27-51-39-23-25-41(47-31-39)37-19-15-35(16-20-37)33-55-43-13-7-8-14-44(43)56-34-36-17-21-38(22-18-36)42-26-24-40(32-48-42)52-28-10-6-12-30-54-46(50)4-2/h3-4,15-26,31-32,43-44H,1-2,5-14,27-30,33-34H2/t43-,44-/m1/s1. The lowest BCUT2D eigenvalue weighted by molar-refractivity contribution is -0.138. The molecule has 0 aliphatic heterocycles. The molecule has 56 heavy (non-hydrogen) atoms. The van der Waals surface area contributed by atoms with E-state index in [0.717, 1.165) is 109 Å². The molecule has 0 radical (unpaired) electrons. The molecule has 2 heterocycles. The monoisotopic (exact) mass is 762 g/mol. The van der Waals surface area contributed by atoms with Gasteiger partial charge >= 0.3 is 11.9 Å². The molecule has 1 aliphatic carbocycles. The molecular formula is C46H54N2O8. The molecule has 2 aromatic heterocycles. The molecule has 0 amide bonds. The number of aromatic nitrogens is 2. The molecule has 0 saturated heterocycles. The Kier molecular flexibility index (Phi) is 17.6. The van der Waals surface area contributed by atoms with E-state index in [0.29, 0.717) is 39.6 Å². The highest BCUT2D eigenvalue weighted by atomic mass is 16.5. The van der Waals surface area contributed by atoms with Gasteiger partial charge in [0.05, 0.1) is 75.6 Å². The van der Waals surface area contributed by atoms with Gasteiger partial charge in [-0.25, -0.2) is 9.59 Å². The van der Waals surface area contributed by atoms with E-state index in [1.165, 1.54) is 12.2 Å². The SMILES string of the molecule is C=CC(=O)OCCCCCOc1ccc(-c2ccc(CO[C@@H]3CCCC[C@H]3OCc3ccc(-c4ccc(OCCCCCOC(=O)C=C)cn4)cc3)cc2)nc1. The highest BCUT2D eigenvalue weighted by molar-refractivity contribution is 5.81. The lowest BCUT2D eigenvalue weighted by Crippen LogP contribution is -2.34. The normalized spacial score (nSPS) is 15.1. The summed E-state index contributed by atoms with van der Waals surface area (Å²) in [6, 6.07) is 24.5. The number of nitrogens with zero attached hydrogens (tertiary/aromatic N) is 2. The molecule has 0 unspecified atom stereocenters. The highest BCUT2D eigenvalue weighted by Crippen LogP contribution is 2.27. The van der Waals surface area contributed by atoms with Gasteiger partial charge in [0, 0.05) is 23.3 Å². The third-order valence-electron chi connectivity index (χ3n) is 9.48. The van der Waals surface area contributed by atoms with Crippen molar-refractivity contribution in [3.63, 3.8) is 0 Å². The summed E-state index contributed by atoms with van der Waals surface area (Å²) < 4.78 is 34.5. The van der Waals surface area contributed by atoms with Gasteiger partial charge in [0.2, 0.25) is 0 Å². The summed E-state index contributed by atoms with van der Waals surface area (Å²) in [4.78, 5) is 31.4. The van der Waals surface area contributed by atoms with E-state index in [-0.39, 0.29) is 24.1 Å². The zero-order chi connectivity index (χ0) is 39.2. The number of ether oxygens (including phenoxy) is 6. The van der Waals surface area contributed by atoms with E-state index in [2.05, 4.69) is 71.7 Å². The van der Waals surface area contributed by atoms with Crippen LogP contribution >= 0.6 is 0 Å². The molecule has 0 N–H and O–H groups in total. The molecule has 5 rings (SSSR count). The Labute approximate surface area is 330 Å². The van der Waals surface area contributed by atoms with Crippen molar-refractivity contribution in [2.75, 3.05) is 26.4 Å². The fourth-order valence-electron chi connectivity index (χ4n) is 6.27. The van der Waals surface area contributed by atoms with Gasteiger partial charge < -0.3 is 28.4 Å². The number of rotatable bonds is 24. The second-order valence-corrected chi connectivity index (χ2v) is 13.7. The van der Waals surface area contributed by atoms with Gasteiger partial charge in [0.15, 0.2) is 0 Å². The number of unbranched alkanes of at least 4 members (excludes halogenated alkanes) is 4. The topological polar surface area (TPSA) is 115 Å². The zero-order valence-electron chi connectivity index (χ0n) is 32.3. The Morgan fingerprint density at radius 1 is 0.554 bits per heavy atom. The highest BCUT2D eigenvalue weighted by Gasteiger charge is 2.26. The number of pyridine rings is 2. The minimum atomic E-state index is -0.386. The lowest BCUT2D eigenvalue weighted by atomic mass is 9.94. The maximum absolute atomic E-state index is 11.1. The first kappa shape index (κ1) is 41.8. The van der Waals surface area contributed by atoms with Crippen molar-refractivity contribution < 1.29 is 38.0 Å². The van der Waals surface area contributed by atoms with Crippen LogP contribution in [-0.2, 0) is 41.8 Å². The van der Waals surface area contributed by atoms with Crippen LogP contribution in [-0.4, -0.2) is 60.5 Å². The van der Waals surface area contributed by atoms with Crippen LogP contribution in [0.2, 0.25) is 0 Å². The fourth-order valence-corrected chi connectivity index (χ4v) is 6.27. The van der Waals surface area contributed by atoms with E-state index in [4.69, 9.17) is 28.4 Å². The Hall–Kier alpha value is -5.32. The number of carbonyl (C=O) groups is 2. The number of hydrogen-bond donors (Lipinski definition) is 0. The molecule has 10 nitrogen and oxygen atoms in total. The zero-order valence-corrected chi connectivity index (χ0v) is 32.3. The Morgan fingerprint density at radius 3 is 1.34 bits per heavy atom. The van der Waals surface area contributed by atoms with Crippen molar-refractivity contribution in [1.29, 1.82) is 0 Å². The van der Waals surface area contributed by atoms with Gasteiger partial charge in [-0.15, -0.1) is 0 Å². The van der Waals surface area contributed by atoms with Gasteiger partial charge in [0.25, 0.3) is 0 Å². The molecule has 0 bridgehead atoms. The summed E-state index contributed by atoms with van der Waals surface area (Å²) in [7, 11) is 0. The predicted octanol–water partition coefficient (Wildman–Crippen LogP) is 9.41. The smallest absolute Gasteiger partial charge is 0.330 e. The maximum Gasteiger partial charge on any atom is 0.330 e. The number of hydrogen-bond acceptors (Lipinski definition) is 10. The quantitative estimate of drug-likeness (QED) is 0.0389. The summed E-state index contributed by atoms with van der Waals surface area (Å²) in [5.74, 6) is 0.692. The average Bonchev–Trinajstić information content (AvgIpc) is 3.25. The van der Waals surface area contributed by atoms with Crippen LogP contribution < -0.4 is 9.47 Å². The van der Waals surface area contributed by atoms with Crippen molar-refractivity contribution >= 4 is 11.9 Å². The van der Waals surface area contributed by atoms with Gasteiger partial charge in [-0.1, -0.05) is 74.5 Å². The summed E-state index contributed by atoms with van der Waals surface area (Å²) in [5, 5.41) is 0. The average molecular weight is 763 g/mol. The molecule has 0 spiro atoms. The summed E-state index contributed by atoms with van der Waals surface area (Å²) in [5.41, 5.74) is 6.06. The van der Waals surface area contributed by atoms with E-state index in [9.17, 15) is 9.59 Å². The van der Waals surface area contributed by atoms with Gasteiger partial charge in [0.1, 0.15) is 11.5 Å². The summed E-state index contributed by atoms with van der Waals surface area (Å²) >= 11 is 0. The molecule has 1 saturated carbocycles. The van der Waals surface area contributed by atoms with Crippen molar-refractivity contribution in [2.45, 2.75) is 89.6 Å². The molecule has 1 fully saturated rings. The van der Waals surface area contributed by atoms with Crippen LogP contribution in [0.25, 0.3) is 22.5 Å². The Balaban J connectivity index is 0.992. The molecule has 4 aromatic rings. The van der Waals surface area contributed by atoms with Gasteiger partial charge in [-0.2, -0.15) is 0 Å². The van der Waals surface area contributed by atoms with Crippen molar-refractivity contribution in [3.8, 4) is 34.0 Å². The lowest BCUT2D eigenvalue weighted by Gasteiger charge is -2.31. The number of esters is 2. The van der Waals surface area contributed by atoms with Crippen LogP contribution in [0.15, 0.2) is 111 Å². The first-order chi connectivity index (χ1) is 27.5. The molecule has 2 aromatic carbocycles. The van der Waals surface area contributed by atoms with Crippen molar-refractivity contribution in [3.05, 3.63) is 122 Å². The van der Waals surface area contributed by atoms with E-state index < -0.39 is 0 Å². The molecule has 10 heteroatoms. The van der Waals surface area contributed by atoms with E-state index in [1.807, 2.05) is 24.3 Å². The van der Waals surface area contributed by atoms with Crippen molar-refractivity contribution in [2.24, 2.45) is 0 Å². The van der Waals surface area contributed by atoms with Crippen LogP contribution in [0.5, 0.6) is 11.5 Å². The van der Waals surface area contributed by atoms with Crippen LogP contribution in [0, 0.1) is 0 Å². The third-order valence-corrected chi connectivity index (χ3v) is 9.48. The first-order valence-electron chi connectivity index (χ1n) is 19.7. The minimum Gasteiger partial charge on any atom is -0.492 e.